The Kier molecular flexibility index (Phi) is 5.07. The Hall–Kier alpha value is -2.42. The maximum atomic E-state index is 13.5. The molecule has 32 heavy (non-hydrogen) atoms. The van der Waals surface area contributed by atoms with Crippen LogP contribution in [0.25, 0.3) is 11.0 Å². The monoisotopic (exact) mass is 447 g/mol. The van der Waals surface area contributed by atoms with Gasteiger partial charge in [0.2, 0.25) is 5.91 Å². The molecule has 2 aliphatic heterocycles. The van der Waals surface area contributed by atoms with Crippen molar-refractivity contribution in [2.75, 3.05) is 18.0 Å². The SMILES string of the molecule is CC1CC(NC(=O)C2CN(c3ccc(C(F)(F)F)c4nccnc34)CC23CC3)CC(C)N1. The summed E-state index contributed by atoms with van der Waals surface area (Å²) < 4.78 is 40.4. The van der Waals surface area contributed by atoms with Crippen LogP contribution in [0.15, 0.2) is 24.5 Å². The van der Waals surface area contributed by atoms with Gasteiger partial charge in [0.15, 0.2) is 0 Å². The van der Waals surface area contributed by atoms with Crippen LogP contribution in [0.5, 0.6) is 0 Å². The molecule has 0 bridgehead atoms. The Morgan fingerprint density at radius 2 is 1.78 bits per heavy atom. The summed E-state index contributed by atoms with van der Waals surface area (Å²) in [5.74, 6) is -0.101. The van der Waals surface area contributed by atoms with Gasteiger partial charge in [-0.3, -0.25) is 14.8 Å². The van der Waals surface area contributed by atoms with Crippen LogP contribution in [0.4, 0.5) is 18.9 Å². The van der Waals surface area contributed by atoms with Crippen LogP contribution in [0.2, 0.25) is 0 Å². The molecule has 2 aromatic rings. The maximum absolute atomic E-state index is 13.5. The average Bonchev–Trinajstić information content (AvgIpc) is 3.37. The molecule has 1 spiro atoms. The summed E-state index contributed by atoms with van der Waals surface area (Å²) in [6, 6.07) is 3.42. The van der Waals surface area contributed by atoms with Crippen molar-refractivity contribution >= 4 is 22.6 Å². The predicted octanol–water partition coefficient (Wildman–Crippen LogP) is 3.51. The molecule has 3 heterocycles. The first kappa shape index (κ1) is 21.4. The third-order valence-electron chi connectivity index (χ3n) is 7.30. The quantitative estimate of drug-likeness (QED) is 0.754. The van der Waals surface area contributed by atoms with Crippen LogP contribution in [-0.4, -0.2) is 47.1 Å². The number of carbonyl (C=O) groups is 1. The molecule has 6 nitrogen and oxygen atoms in total. The van der Waals surface area contributed by atoms with Crippen molar-refractivity contribution in [3.05, 3.63) is 30.1 Å². The largest absolute Gasteiger partial charge is 0.418 e. The summed E-state index contributed by atoms with van der Waals surface area (Å²) in [5.41, 5.74) is -0.168. The van der Waals surface area contributed by atoms with Gasteiger partial charge in [0, 0.05) is 49.0 Å². The van der Waals surface area contributed by atoms with Gasteiger partial charge in [-0.05, 0) is 51.7 Å². The molecule has 1 saturated carbocycles. The molecule has 3 fully saturated rings. The topological polar surface area (TPSA) is 70.2 Å². The lowest BCUT2D eigenvalue weighted by Gasteiger charge is -2.34. The number of aromatic nitrogens is 2. The number of amides is 1. The molecule has 1 aromatic heterocycles. The number of nitrogens with one attached hydrogen (secondary N) is 2. The third-order valence-corrected chi connectivity index (χ3v) is 7.30. The van der Waals surface area contributed by atoms with Crippen LogP contribution >= 0.6 is 0 Å². The van der Waals surface area contributed by atoms with E-state index in [0.717, 1.165) is 31.7 Å². The number of piperidine rings is 1. The van der Waals surface area contributed by atoms with E-state index in [2.05, 4.69) is 34.4 Å². The third kappa shape index (κ3) is 3.80. The molecule has 3 aliphatic rings. The highest BCUT2D eigenvalue weighted by molar-refractivity contribution is 5.92. The summed E-state index contributed by atoms with van der Waals surface area (Å²) >= 11 is 0. The molecule has 1 aliphatic carbocycles. The zero-order chi connectivity index (χ0) is 22.7. The highest BCUT2D eigenvalue weighted by atomic mass is 19.4. The van der Waals surface area contributed by atoms with Crippen molar-refractivity contribution in [2.24, 2.45) is 11.3 Å². The van der Waals surface area contributed by atoms with Gasteiger partial charge in [-0.15, -0.1) is 0 Å². The number of halogens is 3. The summed E-state index contributed by atoms with van der Waals surface area (Å²) in [6.07, 6.45) is 1.93. The predicted molar refractivity (Wildman–Crippen MR) is 115 cm³/mol. The van der Waals surface area contributed by atoms with Gasteiger partial charge in [-0.1, -0.05) is 0 Å². The van der Waals surface area contributed by atoms with Crippen molar-refractivity contribution in [2.45, 2.75) is 63.8 Å². The molecular formula is C23H28F3N5O. The van der Waals surface area contributed by atoms with E-state index in [1.165, 1.54) is 18.5 Å². The molecular weight excluding hydrogens is 419 g/mol. The summed E-state index contributed by atoms with van der Waals surface area (Å²) in [7, 11) is 0. The Labute approximate surface area is 185 Å². The van der Waals surface area contributed by atoms with Gasteiger partial charge >= 0.3 is 6.18 Å². The fraction of sp³-hybridized carbons (Fsp3) is 0.609. The van der Waals surface area contributed by atoms with Crippen molar-refractivity contribution < 1.29 is 18.0 Å². The molecule has 2 saturated heterocycles. The number of carbonyl (C=O) groups excluding carboxylic acids is 1. The van der Waals surface area contributed by atoms with E-state index in [-0.39, 0.29) is 34.3 Å². The molecule has 0 radical (unpaired) electrons. The smallest absolute Gasteiger partial charge is 0.368 e. The minimum atomic E-state index is -4.50. The number of nitrogens with zero attached hydrogens (tertiary/aromatic N) is 3. The average molecular weight is 448 g/mol. The van der Waals surface area contributed by atoms with Crippen molar-refractivity contribution in [3.63, 3.8) is 0 Å². The maximum Gasteiger partial charge on any atom is 0.418 e. The highest BCUT2D eigenvalue weighted by Gasteiger charge is 2.58. The summed E-state index contributed by atoms with van der Waals surface area (Å²) in [4.78, 5) is 23.5. The number of rotatable bonds is 3. The fourth-order valence-electron chi connectivity index (χ4n) is 5.70. The zero-order valence-corrected chi connectivity index (χ0v) is 18.2. The van der Waals surface area contributed by atoms with Crippen LogP contribution in [0, 0.1) is 11.3 Å². The normalized spacial score (nSPS) is 29.5. The van der Waals surface area contributed by atoms with Gasteiger partial charge in [0.05, 0.1) is 17.2 Å². The first-order valence-corrected chi connectivity index (χ1v) is 11.3. The van der Waals surface area contributed by atoms with Crippen LogP contribution in [0.1, 0.15) is 45.1 Å². The van der Waals surface area contributed by atoms with Crippen LogP contribution in [0.3, 0.4) is 0 Å². The second-order valence-corrected chi connectivity index (χ2v) is 9.82. The number of anilines is 1. The molecule has 1 amide bonds. The molecule has 5 rings (SSSR count). The van der Waals surface area contributed by atoms with E-state index in [1.807, 2.05) is 4.90 Å². The highest BCUT2D eigenvalue weighted by Crippen LogP contribution is 2.57. The summed E-state index contributed by atoms with van der Waals surface area (Å²) in [5, 5.41) is 6.76. The molecule has 9 heteroatoms. The Bertz CT molecular complexity index is 1030. The molecule has 3 unspecified atom stereocenters. The van der Waals surface area contributed by atoms with E-state index in [1.54, 1.807) is 0 Å². The van der Waals surface area contributed by atoms with E-state index in [0.29, 0.717) is 30.9 Å². The summed E-state index contributed by atoms with van der Waals surface area (Å²) in [6.45, 7) is 5.40. The number of alkyl halides is 3. The van der Waals surface area contributed by atoms with Gasteiger partial charge < -0.3 is 15.5 Å². The number of fused-ring (bicyclic) bond motifs is 1. The van der Waals surface area contributed by atoms with E-state index >= 15 is 0 Å². The van der Waals surface area contributed by atoms with E-state index in [9.17, 15) is 18.0 Å². The molecule has 2 N–H and O–H groups in total. The first-order valence-electron chi connectivity index (χ1n) is 11.3. The Morgan fingerprint density at radius 3 is 2.41 bits per heavy atom. The first-order chi connectivity index (χ1) is 15.2. The second kappa shape index (κ2) is 7.57. The lowest BCUT2D eigenvalue weighted by molar-refractivity contribution is -0.136. The lowest BCUT2D eigenvalue weighted by atomic mass is 9.90. The van der Waals surface area contributed by atoms with Crippen molar-refractivity contribution in [1.29, 1.82) is 0 Å². The minimum Gasteiger partial charge on any atom is -0.368 e. The number of hydrogen-bond acceptors (Lipinski definition) is 5. The van der Waals surface area contributed by atoms with Gasteiger partial charge in [0.25, 0.3) is 0 Å². The van der Waals surface area contributed by atoms with Crippen molar-refractivity contribution in [3.8, 4) is 0 Å². The zero-order valence-electron chi connectivity index (χ0n) is 18.2. The standard InChI is InChI=1S/C23H28F3N5O/c1-13-9-15(10-14(2)29-13)30-21(32)17-11-31(12-22(17)5-6-22)18-4-3-16(23(24,25)26)19-20(18)28-8-7-27-19/h3-4,7-8,13-15,17,29H,5-6,9-12H2,1-2H3,(H,30,32). The minimum absolute atomic E-state index is 0.0681. The molecule has 3 atom stereocenters. The van der Waals surface area contributed by atoms with E-state index in [4.69, 9.17) is 0 Å². The van der Waals surface area contributed by atoms with Gasteiger partial charge in [-0.2, -0.15) is 13.2 Å². The molecule has 1 aromatic carbocycles. The number of benzene rings is 1. The van der Waals surface area contributed by atoms with E-state index < -0.39 is 11.7 Å². The lowest BCUT2D eigenvalue weighted by Crippen LogP contribution is -2.52. The van der Waals surface area contributed by atoms with Gasteiger partial charge in [0.1, 0.15) is 11.0 Å². The Balaban J connectivity index is 1.39. The van der Waals surface area contributed by atoms with Crippen molar-refractivity contribution in [1.82, 2.24) is 20.6 Å². The second-order valence-electron chi connectivity index (χ2n) is 9.82. The van der Waals surface area contributed by atoms with Crippen LogP contribution < -0.4 is 15.5 Å². The molecule has 172 valence electrons. The van der Waals surface area contributed by atoms with Crippen LogP contribution in [-0.2, 0) is 11.0 Å². The fourth-order valence-corrected chi connectivity index (χ4v) is 5.70. The Morgan fingerprint density at radius 1 is 1.12 bits per heavy atom. The van der Waals surface area contributed by atoms with Gasteiger partial charge in [-0.25, -0.2) is 0 Å². The number of hydrogen-bond donors (Lipinski definition) is 2.